The number of rotatable bonds is 2. The number of hydrogen-bond donors (Lipinski definition) is 1. The van der Waals surface area contributed by atoms with Crippen LogP contribution in [0.4, 0.5) is 0 Å². The van der Waals surface area contributed by atoms with Gasteiger partial charge < -0.3 is 4.42 Å². The van der Waals surface area contributed by atoms with Gasteiger partial charge in [0.2, 0.25) is 0 Å². The number of aliphatic imine (C=N–C) groups is 2. The van der Waals surface area contributed by atoms with Crippen molar-refractivity contribution in [3.8, 4) is 0 Å². The molecule has 0 fully saturated rings. The molecule has 1 aromatic rings. The highest BCUT2D eigenvalue weighted by atomic mass is 32.2. The van der Waals surface area contributed by atoms with E-state index in [2.05, 4.69) is 15.1 Å². The van der Waals surface area contributed by atoms with Crippen LogP contribution in [0.15, 0.2) is 49.1 Å². The summed E-state index contributed by atoms with van der Waals surface area (Å²) in [6.45, 7) is 0. The van der Waals surface area contributed by atoms with Crippen LogP contribution < -0.4 is 5.84 Å². The Morgan fingerprint density at radius 1 is 1.47 bits per heavy atom. The van der Waals surface area contributed by atoms with Crippen molar-refractivity contribution < 1.29 is 9.12 Å². The van der Waals surface area contributed by atoms with Gasteiger partial charge in [-0.15, -0.1) is 17.6 Å². The average Bonchev–Trinajstić information content (AvgIpc) is 2.93. The van der Waals surface area contributed by atoms with Crippen molar-refractivity contribution in [2.75, 3.05) is 6.26 Å². The van der Waals surface area contributed by atoms with Gasteiger partial charge in [0.05, 0.1) is 6.26 Å². The van der Waals surface area contributed by atoms with Gasteiger partial charge >= 0.3 is 0 Å². The number of nitrogens with two attached hydrogens (primary N) is 1. The van der Waals surface area contributed by atoms with Crippen molar-refractivity contribution in [3.63, 3.8) is 0 Å². The molecule has 0 saturated heterocycles. The molecule has 2 aliphatic rings. The van der Waals surface area contributed by atoms with Gasteiger partial charge in [-0.3, -0.25) is 0 Å². The maximum atomic E-state index is 6.12. The Balaban J connectivity index is 2.05. The first kappa shape index (κ1) is 10.5. The van der Waals surface area contributed by atoms with E-state index in [-0.39, 0.29) is 4.70 Å². The number of nitrogens with zero attached hydrogens (tertiary/aromatic N) is 4. The lowest BCUT2D eigenvalue weighted by atomic mass is 10.4. The Bertz CT molecular complexity index is 572. The first-order valence-electron chi connectivity index (χ1n) is 4.93. The largest absolute Gasteiger partial charge is 0.461 e. The second-order valence-corrected chi connectivity index (χ2v) is 4.37. The van der Waals surface area contributed by atoms with Crippen LogP contribution in [-0.4, -0.2) is 28.8 Å². The lowest BCUT2D eigenvalue weighted by Gasteiger charge is -2.18. The molecular weight excluding hydrogens is 238 g/mol. The van der Waals surface area contributed by atoms with E-state index in [1.54, 1.807) is 30.8 Å². The lowest BCUT2D eigenvalue weighted by Crippen LogP contribution is -2.50. The fraction of sp³-hybridized carbons (Fsp3) is 0.100. The summed E-state index contributed by atoms with van der Waals surface area (Å²) in [5, 5.41) is 5.15. The molecule has 3 rings (SSSR count). The molecule has 3 heterocycles. The first-order chi connectivity index (χ1) is 8.21. The van der Waals surface area contributed by atoms with Crippen LogP contribution in [0.5, 0.6) is 0 Å². The SMILES string of the molecule is CSC1=C[N+]2(N)N=C(c3ccco3)N=C2C=N1. The molecule has 1 aromatic heterocycles. The van der Waals surface area contributed by atoms with E-state index < -0.39 is 0 Å². The summed E-state index contributed by atoms with van der Waals surface area (Å²) < 4.78 is 5.05. The van der Waals surface area contributed by atoms with Gasteiger partial charge in [0, 0.05) is 0 Å². The van der Waals surface area contributed by atoms with Crippen molar-refractivity contribution in [1.82, 2.24) is 0 Å². The van der Waals surface area contributed by atoms with E-state index >= 15 is 0 Å². The van der Waals surface area contributed by atoms with E-state index in [1.165, 1.54) is 11.8 Å². The number of hydrogen-bond acceptors (Lipinski definition) is 6. The summed E-state index contributed by atoms with van der Waals surface area (Å²) >= 11 is 1.51. The number of fused-ring (bicyclic) bond motifs is 1. The van der Waals surface area contributed by atoms with Crippen molar-refractivity contribution >= 4 is 29.6 Å². The molecule has 6 nitrogen and oxygen atoms in total. The summed E-state index contributed by atoms with van der Waals surface area (Å²) in [6.07, 6.45) is 6.89. The third-order valence-corrected chi connectivity index (χ3v) is 3.04. The fourth-order valence-corrected chi connectivity index (χ4v) is 2.00. The summed E-state index contributed by atoms with van der Waals surface area (Å²) in [4.78, 5) is 8.53. The van der Waals surface area contributed by atoms with E-state index in [1.807, 2.05) is 6.26 Å². The van der Waals surface area contributed by atoms with Gasteiger partial charge in [-0.1, -0.05) is 0 Å². The maximum Gasteiger partial charge on any atom is 0.300 e. The zero-order valence-corrected chi connectivity index (χ0v) is 9.89. The first-order valence-corrected chi connectivity index (χ1v) is 6.15. The van der Waals surface area contributed by atoms with Crippen LogP contribution >= 0.6 is 11.8 Å². The lowest BCUT2D eigenvalue weighted by molar-refractivity contribution is -0.803. The summed E-state index contributed by atoms with van der Waals surface area (Å²) in [5.74, 6) is 7.78. The minimum absolute atomic E-state index is 0.199. The van der Waals surface area contributed by atoms with Gasteiger partial charge in [-0.2, -0.15) is 4.99 Å². The van der Waals surface area contributed by atoms with Crippen LogP contribution in [0, 0.1) is 0 Å². The Morgan fingerprint density at radius 2 is 2.35 bits per heavy atom. The Morgan fingerprint density at radius 3 is 3.06 bits per heavy atom. The molecule has 17 heavy (non-hydrogen) atoms. The topological polar surface area (TPSA) is 76.2 Å². The molecule has 1 atom stereocenters. The van der Waals surface area contributed by atoms with Crippen molar-refractivity contribution in [3.05, 3.63) is 35.4 Å². The van der Waals surface area contributed by atoms with Gasteiger partial charge in [0.1, 0.15) is 6.21 Å². The van der Waals surface area contributed by atoms with Crippen molar-refractivity contribution in [2.45, 2.75) is 0 Å². The van der Waals surface area contributed by atoms with E-state index in [9.17, 15) is 0 Å². The minimum atomic E-state index is -0.199. The van der Waals surface area contributed by atoms with Crippen molar-refractivity contribution in [1.29, 1.82) is 0 Å². The monoisotopic (exact) mass is 248 g/mol. The molecule has 0 aromatic carbocycles. The molecule has 2 aliphatic heterocycles. The van der Waals surface area contributed by atoms with Gasteiger partial charge in [0.15, 0.2) is 17.0 Å². The third kappa shape index (κ3) is 1.64. The zero-order chi connectivity index (χ0) is 11.9. The van der Waals surface area contributed by atoms with Gasteiger partial charge in [0.25, 0.3) is 11.7 Å². The molecule has 0 aliphatic carbocycles. The van der Waals surface area contributed by atoms with E-state index in [0.717, 1.165) is 5.03 Å². The van der Waals surface area contributed by atoms with Gasteiger partial charge in [-0.25, -0.2) is 4.99 Å². The molecule has 86 valence electrons. The van der Waals surface area contributed by atoms with E-state index in [4.69, 9.17) is 10.3 Å². The second kappa shape index (κ2) is 3.66. The summed E-state index contributed by atoms with van der Waals surface area (Å²) in [6, 6.07) is 3.58. The summed E-state index contributed by atoms with van der Waals surface area (Å²) in [7, 11) is 0. The van der Waals surface area contributed by atoms with Crippen LogP contribution in [-0.2, 0) is 0 Å². The molecule has 0 radical (unpaired) electrons. The average molecular weight is 248 g/mol. The molecule has 0 spiro atoms. The maximum absolute atomic E-state index is 6.12. The summed E-state index contributed by atoms with van der Waals surface area (Å²) in [5.41, 5.74) is 0. The highest BCUT2D eigenvalue weighted by Crippen LogP contribution is 2.25. The Labute approximate surface area is 102 Å². The minimum Gasteiger partial charge on any atom is -0.461 e. The molecule has 7 heteroatoms. The highest BCUT2D eigenvalue weighted by molar-refractivity contribution is 8.02. The normalized spacial score (nSPS) is 26.4. The van der Waals surface area contributed by atoms with Crippen LogP contribution in [0.2, 0.25) is 0 Å². The number of thioether (sulfide) groups is 1. The molecule has 1 unspecified atom stereocenters. The fourth-order valence-electron chi connectivity index (χ4n) is 1.57. The van der Waals surface area contributed by atoms with Crippen LogP contribution in [0.1, 0.15) is 5.76 Å². The quantitative estimate of drug-likeness (QED) is 0.633. The van der Waals surface area contributed by atoms with Crippen molar-refractivity contribution in [2.24, 2.45) is 20.9 Å². The zero-order valence-electron chi connectivity index (χ0n) is 9.07. The molecular formula is C10H10N5OS+. The predicted octanol–water partition coefficient (Wildman–Crippen LogP) is 1.29. The number of amidine groups is 2. The molecule has 0 bridgehead atoms. The highest BCUT2D eigenvalue weighted by Gasteiger charge is 2.39. The number of furan rings is 1. The third-order valence-electron chi connectivity index (χ3n) is 2.41. The van der Waals surface area contributed by atoms with E-state index in [0.29, 0.717) is 17.4 Å². The molecule has 2 N–H and O–H groups in total. The molecule has 0 saturated carbocycles. The molecule has 0 amide bonds. The second-order valence-electron chi connectivity index (χ2n) is 3.54. The number of quaternary nitrogens is 1. The van der Waals surface area contributed by atoms with Crippen LogP contribution in [0.3, 0.4) is 0 Å². The smallest absolute Gasteiger partial charge is 0.300 e. The predicted molar refractivity (Wildman–Crippen MR) is 67.2 cm³/mol. The Kier molecular flexibility index (Phi) is 2.25. The standard InChI is InChI=1S/C10H10N5OS/c1-17-9-6-15(11)8(5-12-9)13-10(14-15)7-3-2-4-16-7/h2-6H,11H2,1H3/q+1. The Hall–Kier alpha value is -1.70. The van der Waals surface area contributed by atoms with Crippen LogP contribution in [0.25, 0.3) is 0 Å². The van der Waals surface area contributed by atoms with Gasteiger partial charge in [-0.05, 0) is 28.2 Å².